The summed E-state index contributed by atoms with van der Waals surface area (Å²) in [7, 11) is -0.283. The highest BCUT2D eigenvalue weighted by molar-refractivity contribution is 9.09. The van der Waals surface area contributed by atoms with Crippen molar-refractivity contribution < 1.29 is 9.31 Å². The Hall–Kier alpha value is -0.315. The molecule has 1 aliphatic heterocycles. The molecule has 0 aliphatic carbocycles. The smallest absolute Gasteiger partial charge is 0.407 e. The maximum absolute atomic E-state index is 5.73. The van der Waals surface area contributed by atoms with Crippen molar-refractivity contribution in [3.05, 3.63) is 35.9 Å². The molecule has 0 amide bonds. The third-order valence-electron chi connectivity index (χ3n) is 2.64. The van der Waals surface area contributed by atoms with E-state index in [2.05, 4.69) is 48.5 Å². The second kappa shape index (κ2) is 6.57. The highest BCUT2D eigenvalue weighted by Gasteiger charge is 2.33. The van der Waals surface area contributed by atoms with Crippen molar-refractivity contribution >= 4 is 23.0 Å². The van der Waals surface area contributed by atoms with E-state index in [0.29, 0.717) is 13.2 Å². The first-order valence-electron chi connectivity index (χ1n) is 5.81. The summed E-state index contributed by atoms with van der Waals surface area (Å²) in [4.78, 5) is 0. The van der Waals surface area contributed by atoms with Crippen molar-refractivity contribution in [1.29, 1.82) is 0 Å². The Morgan fingerprint density at radius 1 is 1.41 bits per heavy atom. The second-order valence-corrected chi connectivity index (χ2v) is 5.52. The van der Waals surface area contributed by atoms with E-state index in [1.54, 1.807) is 6.08 Å². The molecule has 1 rings (SSSR count). The van der Waals surface area contributed by atoms with Crippen LogP contribution in [0.1, 0.15) is 20.8 Å². The van der Waals surface area contributed by atoms with Gasteiger partial charge in [-0.1, -0.05) is 54.6 Å². The monoisotopic (exact) mass is 298 g/mol. The summed E-state index contributed by atoms with van der Waals surface area (Å²) in [5.41, 5.74) is 2.27. The number of alkyl halides is 1. The van der Waals surface area contributed by atoms with Crippen LogP contribution in [0.15, 0.2) is 35.9 Å². The van der Waals surface area contributed by atoms with E-state index < -0.39 is 0 Å². The number of halogens is 1. The molecule has 0 radical (unpaired) electrons. The maximum Gasteiger partial charge on any atom is 0.493 e. The molecule has 0 atom stereocenters. The van der Waals surface area contributed by atoms with E-state index in [0.717, 1.165) is 10.8 Å². The molecule has 0 saturated carbocycles. The van der Waals surface area contributed by atoms with Gasteiger partial charge in [0.2, 0.25) is 0 Å². The topological polar surface area (TPSA) is 18.5 Å². The molecule has 1 fully saturated rings. The molecule has 0 aromatic carbocycles. The van der Waals surface area contributed by atoms with Gasteiger partial charge in [-0.2, -0.15) is 0 Å². The highest BCUT2D eigenvalue weighted by atomic mass is 79.9. The SMILES string of the molecule is C=C/C(=C\C(=C/C)CBr)B1OCC(C)(C)CO1. The third-order valence-corrected chi connectivity index (χ3v) is 3.28. The van der Waals surface area contributed by atoms with Gasteiger partial charge in [0.25, 0.3) is 0 Å². The van der Waals surface area contributed by atoms with Gasteiger partial charge in [-0.05, 0) is 18.0 Å². The quantitative estimate of drug-likeness (QED) is 0.449. The Morgan fingerprint density at radius 3 is 2.41 bits per heavy atom. The molecule has 1 saturated heterocycles. The summed E-state index contributed by atoms with van der Waals surface area (Å²) in [6.07, 6.45) is 5.92. The van der Waals surface area contributed by atoms with Crippen LogP contribution in [0.5, 0.6) is 0 Å². The van der Waals surface area contributed by atoms with Crippen LogP contribution >= 0.6 is 15.9 Å². The first-order chi connectivity index (χ1) is 8.02. The standard InChI is InChI=1S/C13H20BBrO2/c1-5-11(8-15)7-12(6-2)14-16-9-13(3,4)10-17-14/h5-7H,2,8-10H2,1,3-4H3/b11-5+,12-7+. The Kier molecular flexibility index (Phi) is 5.70. The molecule has 1 aliphatic rings. The van der Waals surface area contributed by atoms with E-state index in [1.807, 2.05) is 6.92 Å². The Balaban J connectivity index is 2.73. The van der Waals surface area contributed by atoms with Crippen molar-refractivity contribution in [1.82, 2.24) is 0 Å². The summed E-state index contributed by atoms with van der Waals surface area (Å²) in [5.74, 6) is 0. The van der Waals surface area contributed by atoms with Crippen molar-refractivity contribution in [2.24, 2.45) is 5.41 Å². The van der Waals surface area contributed by atoms with Crippen LogP contribution in [0.25, 0.3) is 0 Å². The molecule has 2 nitrogen and oxygen atoms in total. The van der Waals surface area contributed by atoms with Crippen LogP contribution < -0.4 is 0 Å². The summed E-state index contributed by atoms with van der Waals surface area (Å²) in [6.45, 7) is 11.5. The fraction of sp³-hybridized carbons (Fsp3) is 0.538. The van der Waals surface area contributed by atoms with Gasteiger partial charge in [0.1, 0.15) is 0 Å². The van der Waals surface area contributed by atoms with Gasteiger partial charge in [-0.25, -0.2) is 0 Å². The van der Waals surface area contributed by atoms with Gasteiger partial charge in [0.05, 0.1) is 0 Å². The van der Waals surface area contributed by atoms with Crippen LogP contribution in [0.2, 0.25) is 0 Å². The molecule has 0 aromatic rings. The van der Waals surface area contributed by atoms with Gasteiger partial charge in [-0.15, -0.1) is 0 Å². The zero-order chi connectivity index (χ0) is 12.9. The number of allylic oxidation sites excluding steroid dienone is 5. The minimum absolute atomic E-state index is 0.0988. The van der Waals surface area contributed by atoms with Crippen LogP contribution in [0.3, 0.4) is 0 Å². The normalized spacial score (nSPS) is 21.5. The van der Waals surface area contributed by atoms with Crippen LogP contribution in [-0.4, -0.2) is 25.7 Å². The van der Waals surface area contributed by atoms with E-state index in [-0.39, 0.29) is 12.5 Å². The lowest BCUT2D eigenvalue weighted by Gasteiger charge is -2.33. The summed E-state index contributed by atoms with van der Waals surface area (Å²) < 4.78 is 11.5. The Bertz CT molecular complexity index is 324. The molecule has 0 bridgehead atoms. The largest absolute Gasteiger partial charge is 0.493 e. The highest BCUT2D eigenvalue weighted by Crippen LogP contribution is 2.24. The maximum atomic E-state index is 5.73. The molecule has 0 aromatic heterocycles. The van der Waals surface area contributed by atoms with Crippen molar-refractivity contribution in [3.63, 3.8) is 0 Å². The molecule has 17 heavy (non-hydrogen) atoms. The minimum atomic E-state index is -0.283. The van der Waals surface area contributed by atoms with E-state index in [4.69, 9.17) is 9.31 Å². The van der Waals surface area contributed by atoms with E-state index in [1.165, 1.54) is 5.57 Å². The average molecular weight is 299 g/mol. The second-order valence-electron chi connectivity index (χ2n) is 4.96. The Morgan fingerprint density at radius 2 is 2.00 bits per heavy atom. The van der Waals surface area contributed by atoms with Crippen LogP contribution in [0.4, 0.5) is 0 Å². The third kappa shape index (κ3) is 4.45. The Labute approximate surface area is 113 Å². The van der Waals surface area contributed by atoms with Gasteiger partial charge >= 0.3 is 7.12 Å². The van der Waals surface area contributed by atoms with Gasteiger partial charge in [-0.3, -0.25) is 0 Å². The molecule has 0 N–H and O–H groups in total. The van der Waals surface area contributed by atoms with E-state index in [9.17, 15) is 0 Å². The summed E-state index contributed by atoms with van der Waals surface area (Å²) in [5, 5.41) is 0.819. The zero-order valence-corrected chi connectivity index (χ0v) is 12.4. The predicted octanol–water partition coefficient (Wildman–Crippen LogP) is 3.54. The van der Waals surface area contributed by atoms with Gasteiger partial charge in [0.15, 0.2) is 0 Å². The number of hydrogen-bond acceptors (Lipinski definition) is 2. The summed E-state index contributed by atoms with van der Waals surface area (Å²) >= 11 is 3.45. The fourth-order valence-electron chi connectivity index (χ4n) is 1.52. The van der Waals surface area contributed by atoms with Crippen LogP contribution in [0, 0.1) is 5.41 Å². The number of hydrogen-bond donors (Lipinski definition) is 0. The van der Waals surface area contributed by atoms with Gasteiger partial charge in [0, 0.05) is 24.0 Å². The lowest BCUT2D eigenvalue weighted by molar-refractivity contribution is 0.0326. The first kappa shape index (κ1) is 14.7. The minimum Gasteiger partial charge on any atom is -0.407 e. The average Bonchev–Trinajstić information content (AvgIpc) is 2.32. The lowest BCUT2D eigenvalue weighted by atomic mass is 9.74. The predicted molar refractivity (Wildman–Crippen MR) is 77.3 cm³/mol. The molecule has 1 heterocycles. The molecular weight excluding hydrogens is 279 g/mol. The van der Waals surface area contributed by atoms with Crippen molar-refractivity contribution in [2.75, 3.05) is 18.5 Å². The fourth-order valence-corrected chi connectivity index (χ4v) is 2.01. The molecule has 0 spiro atoms. The van der Waals surface area contributed by atoms with Crippen molar-refractivity contribution in [3.8, 4) is 0 Å². The molecule has 94 valence electrons. The first-order valence-corrected chi connectivity index (χ1v) is 6.93. The van der Waals surface area contributed by atoms with Gasteiger partial charge < -0.3 is 9.31 Å². The molecular formula is C13H20BBrO2. The lowest BCUT2D eigenvalue weighted by Crippen LogP contribution is -2.41. The molecule has 0 unspecified atom stereocenters. The van der Waals surface area contributed by atoms with Crippen LogP contribution in [-0.2, 0) is 9.31 Å². The summed E-state index contributed by atoms with van der Waals surface area (Å²) in [6, 6.07) is 0. The number of rotatable bonds is 4. The zero-order valence-electron chi connectivity index (χ0n) is 10.8. The molecule has 4 heteroatoms. The van der Waals surface area contributed by atoms with E-state index >= 15 is 0 Å². The van der Waals surface area contributed by atoms with Crippen molar-refractivity contribution in [2.45, 2.75) is 20.8 Å².